The Morgan fingerprint density at radius 2 is 1.10 bits per heavy atom. The lowest BCUT2D eigenvalue weighted by atomic mass is 9.96. The van der Waals surface area contributed by atoms with Gasteiger partial charge >= 0.3 is 36.4 Å². The van der Waals surface area contributed by atoms with E-state index in [-0.39, 0.29) is 38.3 Å². The first-order valence-electron chi connectivity index (χ1n) is 24.0. The number of alkyl carbamates (subject to hydrolysis) is 1. The predicted octanol–water partition coefficient (Wildman–Crippen LogP) is -1.56. The molecule has 440 valence electrons. The normalized spacial score (nSPS) is 15.4. The summed E-state index contributed by atoms with van der Waals surface area (Å²) in [5, 5.41) is 47.6. The quantitative estimate of drug-likeness (QED) is 0.0227. The Kier molecular flexibility index (Phi) is 28.5. The summed E-state index contributed by atoms with van der Waals surface area (Å²) in [4.78, 5) is 141. The van der Waals surface area contributed by atoms with E-state index in [1.807, 2.05) is 5.32 Å². The van der Waals surface area contributed by atoms with Crippen LogP contribution in [0.15, 0.2) is 30.3 Å². The van der Waals surface area contributed by atoms with E-state index in [9.17, 15) is 94.4 Å². The summed E-state index contributed by atoms with van der Waals surface area (Å²) in [7, 11) is 0. The molecule has 8 amide bonds. The summed E-state index contributed by atoms with van der Waals surface area (Å²) in [6.07, 6.45) is -15.5. The second kappa shape index (κ2) is 32.4. The number of carbonyl (C=O) groups is 11. The van der Waals surface area contributed by atoms with Gasteiger partial charge in [-0.05, 0) is 43.1 Å². The van der Waals surface area contributed by atoms with E-state index in [2.05, 4.69) is 36.1 Å². The predicted molar refractivity (Wildman–Crippen MR) is 255 cm³/mol. The number of aliphatic hydroxyl groups excluding tert-OH is 2. The number of carboxylic acids is 1. The lowest BCUT2D eigenvalue weighted by Crippen LogP contribution is -2.62. The average molecular weight is 1130 g/mol. The van der Waals surface area contributed by atoms with Crippen molar-refractivity contribution < 1.29 is 109 Å². The molecule has 0 aliphatic rings. The molecular formula is C46H67F6N9O17. The Hall–Kier alpha value is -7.35. The first-order valence-corrected chi connectivity index (χ1v) is 24.0. The van der Waals surface area contributed by atoms with E-state index >= 15 is 0 Å². The largest absolute Gasteiger partial charge is 0.490 e. The number of nitrogens with two attached hydrogens (primary N) is 1. The molecule has 13 N–H and O–H groups in total. The SMILES string of the molecule is CC[C@H](C)[C@H](NC(=O)[C@@H](CCNC(=O)OCc1ccccc1)NC(=O)[C@H](CC(C)C)NC(=O)[C@@H](N)[C@H](O)C(C)C)C(=O)N[C@H](C(=O)NCC(=O)N[C@@H](COC(=O)C(F)(F)F)C(=O)N[C@@H](COC(=O)C(F)(F)F)C(=O)O)[C@H](C)O. The van der Waals surface area contributed by atoms with Crippen LogP contribution in [0.2, 0.25) is 0 Å². The molecule has 1 aromatic carbocycles. The van der Waals surface area contributed by atoms with E-state index in [0.29, 0.717) is 5.56 Å². The lowest BCUT2D eigenvalue weighted by Gasteiger charge is -2.30. The molecule has 0 aliphatic heterocycles. The van der Waals surface area contributed by atoms with Crippen LogP contribution in [0.25, 0.3) is 0 Å². The van der Waals surface area contributed by atoms with Gasteiger partial charge < -0.3 is 77.8 Å². The van der Waals surface area contributed by atoms with Gasteiger partial charge in [-0.3, -0.25) is 33.6 Å². The maximum absolute atomic E-state index is 14.2. The Balaban J connectivity index is 3.40. The third kappa shape index (κ3) is 24.8. The number of aliphatic carboxylic acids is 1. The van der Waals surface area contributed by atoms with Crippen molar-refractivity contribution in [1.82, 2.24) is 42.5 Å². The number of carboxylic acid groups (broad SMARTS) is 1. The van der Waals surface area contributed by atoms with Crippen LogP contribution in [-0.4, -0.2) is 174 Å². The minimum Gasteiger partial charge on any atom is -0.480 e. The molecule has 32 heteroatoms. The molecule has 78 heavy (non-hydrogen) atoms. The van der Waals surface area contributed by atoms with Crippen LogP contribution in [0.3, 0.4) is 0 Å². The molecule has 0 radical (unpaired) electrons. The second-order valence-corrected chi connectivity index (χ2v) is 18.3. The number of aliphatic hydroxyl groups is 2. The van der Waals surface area contributed by atoms with Gasteiger partial charge in [0, 0.05) is 6.54 Å². The fraction of sp³-hybridized carbons (Fsp3) is 0.630. The zero-order valence-electron chi connectivity index (χ0n) is 43.4. The molecule has 0 aliphatic carbocycles. The smallest absolute Gasteiger partial charge is 0.480 e. The van der Waals surface area contributed by atoms with Gasteiger partial charge in [0.2, 0.25) is 41.4 Å². The first-order chi connectivity index (χ1) is 36.1. The fourth-order valence-electron chi connectivity index (χ4n) is 6.41. The summed E-state index contributed by atoms with van der Waals surface area (Å²) in [6, 6.07) is -4.41. The highest BCUT2D eigenvalue weighted by Gasteiger charge is 2.44. The number of rotatable bonds is 31. The molecule has 0 saturated carbocycles. The second-order valence-electron chi connectivity index (χ2n) is 18.3. The van der Waals surface area contributed by atoms with E-state index in [0.717, 1.165) is 6.92 Å². The lowest BCUT2D eigenvalue weighted by molar-refractivity contribution is -0.201. The molecule has 0 fully saturated rings. The van der Waals surface area contributed by atoms with Crippen molar-refractivity contribution in [3.63, 3.8) is 0 Å². The molecule has 0 bridgehead atoms. The van der Waals surface area contributed by atoms with Crippen LogP contribution in [-0.2, 0) is 68.8 Å². The van der Waals surface area contributed by atoms with Gasteiger partial charge in [-0.1, -0.05) is 78.3 Å². The van der Waals surface area contributed by atoms with Gasteiger partial charge in [-0.25, -0.2) is 19.2 Å². The van der Waals surface area contributed by atoms with Crippen molar-refractivity contribution in [2.24, 2.45) is 23.5 Å². The number of hydrogen-bond donors (Lipinski definition) is 12. The Labute approximate surface area is 442 Å². The standard InChI is InChI=1S/C46H67F6N9O17/c1-8-23(6)32(60-35(65)26(14-15-54-44(75)78-18-25-12-10-9-11-13-25)57-36(66)27(16-21(2)3)58-38(68)31(53)34(64)22(4)5)40(70)61-33(24(7)62)39(69)55-17-30(63)56-28(19-76-42(73)45(47,48)49)37(67)59-29(41(71)72)20-77-43(74)46(50,51)52/h9-13,21-24,26-29,31-34,62,64H,8,14-20,53H2,1-7H3,(H,54,75)(H,55,69)(H,56,63)(H,57,66)(H,58,68)(H,59,67)(H,60,65)(H,61,70)(H,71,72)/t23-,24-,26+,27-,28-,29-,31-,32-,33-,34+/m0/s1. The third-order valence-corrected chi connectivity index (χ3v) is 11.0. The average Bonchev–Trinajstić information content (AvgIpc) is 3.35. The van der Waals surface area contributed by atoms with Gasteiger partial charge in [-0.2, -0.15) is 26.3 Å². The molecule has 1 rings (SSSR count). The van der Waals surface area contributed by atoms with Crippen molar-refractivity contribution in [2.75, 3.05) is 26.3 Å². The Bertz CT molecular complexity index is 2220. The van der Waals surface area contributed by atoms with Crippen molar-refractivity contribution in [2.45, 2.75) is 141 Å². The van der Waals surface area contributed by atoms with Gasteiger partial charge in [0.1, 0.15) is 56.1 Å². The summed E-state index contributed by atoms with van der Waals surface area (Å²) >= 11 is 0. The highest BCUT2D eigenvalue weighted by atomic mass is 19.4. The highest BCUT2D eigenvalue weighted by molar-refractivity contribution is 5.97. The zero-order valence-corrected chi connectivity index (χ0v) is 43.4. The van der Waals surface area contributed by atoms with Crippen LogP contribution in [0.4, 0.5) is 31.1 Å². The van der Waals surface area contributed by atoms with Gasteiger partial charge in [-0.15, -0.1) is 0 Å². The van der Waals surface area contributed by atoms with Crippen LogP contribution in [0.1, 0.15) is 73.3 Å². The number of alkyl halides is 6. The molecule has 10 atom stereocenters. The Morgan fingerprint density at radius 3 is 1.60 bits per heavy atom. The van der Waals surface area contributed by atoms with Crippen molar-refractivity contribution >= 4 is 65.4 Å². The number of carbonyl (C=O) groups excluding carboxylic acids is 10. The van der Waals surface area contributed by atoms with Crippen LogP contribution >= 0.6 is 0 Å². The minimum atomic E-state index is -5.67. The summed E-state index contributed by atoms with van der Waals surface area (Å²) < 4.78 is 89.4. The molecule has 0 aromatic heterocycles. The molecule has 0 spiro atoms. The highest BCUT2D eigenvalue weighted by Crippen LogP contribution is 2.18. The minimum absolute atomic E-state index is 0.000212. The van der Waals surface area contributed by atoms with Crippen molar-refractivity contribution in [1.29, 1.82) is 0 Å². The number of esters is 2. The Morgan fingerprint density at radius 1 is 0.603 bits per heavy atom. The van der Waals surface area contributed by atoms with Crippen molar-refractivity contribution in [3.8, 4) is 0 Å². The molecular weight excluding hydrogens is 1060 g/mol. The number of ether oxygens (including phenoxy) is 3. The monoisotopic (exact) mass is 1130 g/mol. The number of hydrogen-bond acceptors (Lipinski definition) is 17. The summed E-state index contributed by atoms with van der Waals surface area (Å²) in [6.45, 7) is 5.62. The number of halogens is 6. The number of nitrogens with one attached hydrogen (secondary N) is 8. The van der Waals surface area contributed by atoms with E-state index in [1.54, 1.807) is 70.3 Å². The van der Waals surface area contributed by atoms with Crippen LogP contribution in [0.5, 0.6) is 0 Å². The zero-order chi connectivity index (χ0) is 59.8. The van der Waals surface area contributed by atoms with Crippen LogP contribution in [0, 0.1) is 17.8 Å². The third-order valence-electron chi connectivity index (χ3n) is 11.0. The van der Waals surface area contributed by atoms with Gasteiger partial charge in [0.15, 0.2) is 6.04 Å². The van der Waals surface area contributed by atoms with Crippen molar-refractivity contribution in [3.05, 3.63) is 35.9 Å². The molecule has 0 heterocycles. The topological polar surface area (TPSA) is 398 Å². The number of benzene rings is 1. The summed E-state index contributed by atoms with van der Waals surface area (Å²) in [5.74, 6) is -18.2. The molecule has 26 nitrogen and oxygen atoms in total. The van der Waals surface area contributed by atoms with E-state index in [1.165, 1.54) is 12.2 Å². The maximum atomic E-state index is 14.2. The summed E-state index contributed by atoms with van der Waals surface area (Å²) in [5.41, 5.74) is 6.61. The fourth-order valence-corrected chi connectivity index (χ4v) is 6.41. The first kappa shape index (κ1) is 68.7. The molecule has 1 aromatic rings. The van der Waals surface area contributed by atoms with Gasteiger partial charge in [0.25, 0.3) is 0 Å². The maximum Gasteiger partial charge on any atom is 0.490 e. The van der Waals surface area contributed by atoms with E-state index < -0.39 is 164 Å². The van der Waals surface area contributed by atoms with Crippen LogP contribution < -0.4 is 48.3 Å². The molecule has 0 unspecified atom stereocenters. The number of amides is 8. The van der Waals surface area contributed by atoms with Gasteiger partial charge in [0.05, 0.1) is 18.8 Å². The van der Waals surface area contributed by atoms with E-state index in [4.69, 9.17) is 10.5 Å². The molecule has 0 saturated heterocycles.